The lowest BCUT2D eigenvalue weighted by Crippen LogP contribution is -2.14. The average Bonchev–Trinajstić information content (AvgIpc) is 2.77. The number of benzene rings is 1. The van der Waals surface area contributed by atoms with Gasteiger partial charge in [-0.1, -0.05) is 19.1 Å². The van der Waals surface area contributed by atoms with Gasteiger partial charge in [0, 0.05) is 6.07 Å². The Kier molecular flexibility index (Phi) is 2.82. The molecule has 0 aliphatic heterocycles. The summed E-state index contributed by atoms with van der Waals surface area (Å²) >= 11 is 0. The molecule has 0 saturated heterocycles. The zero-order valence-electron chi connectivity index (χ0n) is 11.3. The van der Waals surface area contributed by atoms with Gasteiger partial charge in [0.25, 0.3) is 0 Å². The van der Waals surface area contributed by atoms with Crippen molar-refractivity contribution in [2.75, 3.05) is 0 Å². The molecule has 0 aliphatic carbocycles. The van der Waals surface area contributed by atoms with Crippen molar-refractivity contribution in [3.63, 3.8) is 0 Å². The average molecular weight is 270 g/mol. The first-order valence-electron chi connectivity index (χ1n) is 6.45. The number of hydrogen-bond donors (Lipinski definition) is 1. The van der Waals surface area contributed by atoms with Gasteiger partial charge in [-0.15, -0.1) is 0 Å². The van der Waals surface area contributed by atoms with E-state index in [-0.39, 0.29) is 11.1 Å². The molecule has 5 heteroatoms. The van der Waals surface area contributed by atoms with Crippen LogP contribution in [-0.4, -0.2) is 9.78 Å². The molecule has 0 unspecified atom stereocenters. The van der Waals surface area contributed by atoms with E-state index >= 15 is 0 Å². The fraction of sp³-hybridized carbons (Fsp3) is 0.200. The van der Waals surface area contributed by atoms with E-state index in [1.54, 1.807) is 6.92 Å². The van der Waals surface area contributed by atoms with Crippen LogP contribution < -0.4 is 11.2 Å². The van der Waals surface area contributed by atoms with Crippen LogP contribution in [0.5, 0.6) is 0 Å². The first-order valence-corrected chi connectivity index (χ1v) is 6.45. The molecule has 0 saturated carbocycles. The second-order valence-corrected chi connectivity index (χ2v) is 4.72. The van der Waals surface area contributed by atoms with Crippen LogP contribution in [0.3, 0.4) is 0 Å². The highest BCUT2D eigenvalue weighted by atomic mass is 16.4. The molecule has 2 heterocycles. The van der Waals surface area contributed by atoms with Gasteiger partial charge in [0.1, 0.15) is 5.52 Å². The van der Waals surface area contributed by atoms with Crippen molar-refractivity contribution in [2.45, 2.75) is 20.3 Å². The predicted octanol–water partition coefficient (Wildman–Crippen LogP) is 2.14. The summed E-state index contributed by atoms with van der Waals surface area (Å²) in [5.41, 5.74) is 2.34. The van der Waals surface area contributed by atoms with E-state index in [9.17, 15) is 9.59 Å². The number of hydrogen-bond acceptors (Lipinski definition) is 3. The molecule has 0 spiro atoms. The monoisotopic (exact) mass is 270 g/mol. The van der Waals surface area contributed by atoms with Crippen LogP contribution >= 0.6 is 0 Å². The van der Waals surface area contributed by atoms with Crippen LogP contribution in [0.4, 0.5) is 0 Å². The summed E-state index contributed by atoms with van der Waals surface area (Å²) in [6.07, 6.45) is 0.940. The molecule has 1 N–H and O–H groups in total. The second-order valence-electron chi connectivity index (χ2n) is 4.72. The van der Waals surface area contributed by atoms with Crippen molar-refractivity contribution in [1.29, 1.82) is 0 Å². The van der Waals surface area contributed by atoms with E-state index in [1.165, 1.54) is 16.3 Å². The van der Waals surface area contributed by atoms with Crippen LogP contribution in [0.1, 0.15) is 18.1 Å². The number of aryl methyl sites for hydroxylation is 2. The highest BCUT2D eigenvalue weighted by molar-refractivity contribution is 5.75. The van der Waals surface area contributed by atoms with Crippen LogP contribution in [-0.2, 0) is 6.42 Å². The number of H-pyrrole nitrogens is 1. The van der Waals surface area contributed by atoms with Gasteiger partial charge in [-0.25, -0.2) is 9.48 Å². The summed E-state index contributed by atoms with van der Waals surface area (Å²) in [4.78, 5) is 23.6. The molecule has 0 bridgehead atoms. The molecule has 0 atom stereocenters. The number of nitrogens with zero attached hydrogens (tertiary/aromatic N) is 1. The quantitative estimate of drug-likeness (QED) is 0.775. The number of fused-ring (bicyclic) bond motifs is 1. The summed E-state index contributed by atoms with van der Waals surface area (Å²) < 4.78 is 6.39. The molecule has 2 aromatic heterocycles. The van der Waals surface area contributed by atoms with Crippen molar-refractivity contribution >= 4 is 11.1 Å². The Hall–Kier alpha value is -2.56. The molecular formula is C15H14N2O3. The van der Waals surface area contributed by atoms with Gasteiger partial charge in [-0.2, -0.15) is 0 Å². The van der Waals surface area contributed by atoms with E-state index < -0.39 is 5.63 Å². The molecule has 5 nitrogen and oxygen atoms in total. The van der Waals surface area contributed by atoms with Gasteiger partial charge in [0.05, 0.1) is 5.69 Å². The maximum absolute atomic E-state index is 12.3. The molecule has 20 heavy (non-hydrogen) atoms. The highest BCUT2D eigenvalue weighted by Crippen LogP contribution is 2.13. The minimum atomic E-state index is -0.514. The Morgan fingerprint density at radius 2 is 1.90 bits per heavy atom. The normalized spacial score (nSPS) is 11.1. The molecule has 0 radical (unpaired) electrons. The van der Waals surface area contributed by atoms with E-state index in [4.69, 9.17) is 4.42 Å². The van der Waals surface area contributed by atoms with Crippen LogP contribution in [0.25, 0.3) is 16.8 Å². The third-order valence-corrected chi connectivity index (χ3v) is 3.38. The number of rotatable bonds is 2. The zero-order valence-corrected chi connectivity index (χ0v) is 11.3. The fourth-order valence-electron chi connectivity index (χ4n) is 2.23. The summed E-state index contributed by atoms with van der Waals surface area (Å²) in [6, 6.07) is 9.03. The van der Waals surface area contributed by atoms with E-state index in [1.807, 2.05) is 24.3 Å². The first kappa shape index (κ1) is 12.5. The summed E-state index contributed by atoms with van der Waals surface area (Å²) in [5.74, 6) is 0. The lowest BCUT2D eigenvalue weighted by Gasteiger charge is -2.02. The Bertz CT molecular complexity index is 882. The minimum absolute atomic E-state index is 0.0644. The van der Waals surface area contributed by atoms with E-state index in [0.29, 0.717) is 16.8 Å². The van der Waals surface area contributed by atoms with Crippen LogP contribution in [0.15, 0.2) is 44.3 Å². The lowest BCUT2D eigenvalue weighted by atomic mass is 10.1. The minimum Gasteiger partial charge on any atom is -0.415 e. The Labute approximate surface area is 114 Å². The lowest BCUT2D eigenvalue weighted by molar-refractivity contribution is 0.556. The molecule has 3 aromatic rings. The van der Waals surface area contributed by atoms with Gasteiger partial charge in [0.2, 0.25) is 5.58 Å². The van der Waals surface area contributed by atoms with Gasteiger partial charge >= 0.3 is 11.2 Å². The van der Waals surface area contributed by atoms with E-state index in [2.05, 4.69) is 12.0 Å². The Morgan fingerprint density at radius 1 is 1.20 bits per heavy atom. The molecule has 102 valence electrons. The SMILES string of the molecule is CCc1ccc(-n2[nH]c3c(C)cc(=O)oc3c2=O)cc1. The Morgan fingerprint density at radius 3 is 2.55 bits per heavy atom. The molecule has 1 aromatic carbocycles. The predicted molar refractivity (Wildman–Crippen MR) is 76.5 cm³/mol. The molecule has 0 fully saturated rings. The van der Waals surface area contributed by atoms with Gasteiger partial charge in [-0.3, -0.25) is 9.89 Å². The van der Waals surface area contributed by atoms with Crippen LogP contribution in [0.2, 0.25) is 0 Å². The van der Waals surface area contributed by atoms with Crippen molar-refractivity contribution in [2.24, 2.45) is 0 Å². The summed E-state index contributed by atoms with van der Waals surface area (Å²) in [5, 5.41) is 2.98. The maximum Gasteiger partial charge on any atom is 0.336 e. The van der Waals surface area contributed by atoms with Crippen molar-refractivity contribution in [1.82, 2.24) is 9.78 Å². The number of nitrogens with one attached hydrogen (secondary N) is 1. The number of aromatic amines is 1. The summed E-state index contributed by atoms with van der Waals surface area (Å²) in [7, 11) is 0. The standard InChI is InChI=1S/C15H14N2O3/c1-3-10-4-6-11(7-5-10)17-15(19)14-13(16-17)9(2)8-12(18)20-14/h4-8,16H,3H2,1-2H3. The van der Waals surface area contributed by atoms with Crippen molar-refractivity contribution in [3.05, 3.63) is 62.2 Å². The van der Waals surface area contributed by atoms with Gasteiger partial charge < -0.3 is 4.42 Å². The van der Waals surface area contributed by atoms with Gasteiger partial charge in [0.15, 0.2) is 0 Å². The first-order chi connectivity index (χ1) is 9.60. The Balaban J connectivity index is 2.26. The maximum atomic E-state index is 12.3. The molecule has 0 amide bonds. The van der Waals surface area contributed by atoms with Crippen molar-refractivity contribution < 1.29 is 4.42 Å². The molecular weight excluding hydrogens is 256 g/mol. The molecule has 0 aliphatic rings. The summed E-state index contributed by atoms with van der Waals surface area (Å²) in [6.45, 7) is 3.84. The second kappa shape index (κ2) is 4.52. The van der Waals surface area contributed by atoms with Crippen LogP contribution in [0, 0.1) is 6.92 Å². The zero-order chi connectivity index (χ0) is 14.3. The third-order valence-electron chi connectivity index (χ3n) is 3.38. The van der Waals surface area contributed by atoms with E-state index in [0.717, 1.165) is 6.42 Å². The third kappa shape index (κ3) is 1.87. The fourth-order valence-corrected chi connectivity index (χ4v) is 2.23. The smallest absolute Gasteiger partial charge is 0.336 e. The molecule has 3 rings (SSSR count). The highest BCUT2D eigenvalue weighted by Gasteiger charge is 2.13. The largest absolute Gasteiger partial charge is 0.415 e. The topological polar surface area (TPSA) is 68.0 Å². The van der Waals surface area contributed by atoms with Crippen molar-refractivity contribution in [3.8, 4) is 5.69 Å². The van der Waals surface area contributed by atoms with Gasteiger partial charge in [-0.05, 0) is 36.6 Å². The number of aromatic nitrogens is 2.